The Morgan fingerprint density at radius 1 is 0.806 bits per heavy atom. The van der Waals surface area contributed by atoms with Gasteiger partial charge in [-0.2, -0.15) is 10.2 Å². The normalized spacial score (nSPS) is 11.6. The number of hydrogen-bond donors (Lipinski definition) is 0. The molecule has 0 atom stereocenters. The molecule has 0 saturated carbocycles. The molecule has 0 saturated heterocycles. The summed E-state index contributed by atoms with van der Waals surface area (Å²) >= 11 is 0. The van der Waals surface area contributed by atoms with Crippen molar-refractivity contribution in [3.63, 3.8) is 0 Å². The maximum absolute atomic E-state index is 14.6. The Kier molecular flexibility index (Phi) is 8.71. The average molecular weight is 415 g/mol. The summed E-state index contributed by atoms with van der Waals surface area (Å²) in [4.78, 5) is 0. The zero-order chi connectivity index (χ0) is 21.9. The van der Waals surface area contributed by atoms with E-state index in [1.54, 1.807) is 18.5 Å². The van der Waals surface area contributed by atoms with Crippen LogP contribution in [0.25, 0.3) is 11.1 Å². The van der Waals surface area contributed by atoms with Gasteiger partial charge in [0.15, 0.2) is 0 Å². The minimum atomic E-state index is -0.259. The number of benzene rings is 3. The molecule has 0 aliphatic heterocycles. The molecule has 160 valence electrons. The number of halogens is 1. The SMILES string of the molecule is CCCCCCCc1ccccc1C=NN=Cc1ccc(-c2ccc(C)cc2)c(F)c1. The first kappa shape index (κ1) is 22.6. The smallest absolute Gasteiger partial charge is 0.131 e. The van der Waals surface area contributed by atoms with E-state index in [-0.39, 0.29) is 5.82 Å². The van der Waals surface area contributed by atoms with Gasteiger partial charge in [-0.15, -0.1) is 0 Å². The molecule has 0 heterocycles. The molecule has 0 aliphatic rings. The maximum atomic E-state index is 14.6. The van der Waals surface area contributed by atoms with Crippen LogP contribution in [0.5, 0.6) is 0 Å². The summed E-state index contributed by atoms with van der Waals surface area (Å²) < 4.78 is 14.6. The molecule has 3 rings (SSSR count). The zero-order valence-corrected chi connectivity index (χ0v) is 18.5. The van der Waals surface area contributed by atoms with Crippen LogP contribution in [0.1, 0.15) is 61.3 Å². The van der Waals surface area contributed by atoms with Gasteiger partial charge in [0.1, 0.15) is 5.82 Å². The third kappa shape index (κ3) is 6.99. The molecule has 0 amide bonds. The van der Waals surface area contributed by atoms with Crippen molar-refractivity contribution in [3.05, 3.63) is 94.8 Å². The van der Waals surface area contributed by atoms with Crippen molar-refractivity contribution < 1.29 is 4.39 Å². The number of aryl methyl sites for hydroxylation is 2. The van der Waals surface area contributed by atoms with Gasteiger partial charge in [-0.05, 0) is 48.1 Å². The van der Waals surface area contributed by atoms with Gasteiger partial charge in [0.05, 0.1) is 12.4 Å². The van der Waals surface area contributed by atoms with Crippen molar-refractivity contribution in [2.75, 3.05) is 0 Å². The highest BCUT2D eigenvalue weighted by Crippen LogP contribution is 2.23. The zero-order valence-electron chi connectivity index (χ0n) is 18.5. The monoisotopic (exact) mass is 414 g/mol. The minimum Gasteiger partial charge on any atom is -0.206 e. The van der Waals surface area contributed by atoms with E-state index >= 15 is 0 Å². The van der Waals surface area contributed by atoms with Crippen molar-refractivity contribution in [1.82, 2.24) is 0 Å². The topological polar surface area (TPSA) is 24.7 Å². The van der Waals surface area contributed by atoms with Gasteiger partial charge in [0.25, 0.3) is 0 Å². The van der Waals surface area contributed by atoms with E-state index in [0.29, 0.717) is 11.1 Å². The number of rotatable bonds is 10. The molecule has 3 heteroatoms. The second-order valence-corrected chi connectivity index (χ2v) is 7.96. The molecular weight excluding hydrogens is 383 g/mol. The molecule has 0 fully saturated rings. The lowest BCUT2D eigenvalue weighted by atomic mass is 10.0. The Morgan fingerprint density at radius 2 is 1.55 bits per heavy atom. The van der Waals surface area contributed by atoms with E-state index in [2.05, 4.69) is 35.3 Å². The first-order valence-electron chi connectivity index (χ1n) is 11.2. The highest BCUT2D eigenvalue weighted by Gasteiger charge is 2.05. The van der Waals surface area contributed by atoms with E-state index < -0.39 is 0 Å². The van der Waals surface area contributed by atoms with Crippen molar-refractivity contribution in [1.29, 1.82) is 0 Å². The lowest BCUT2D eigenvalue weighted by Gasteiger charge is -2.05. The highest BCUT2D eigenvalue weighted by atomic mass is 19.1. The molecule has 31 heavy (non-hydrogen) atoms. The Bertz CT molecular complexity index is 1020. The quantitative estimate of drug-likeness (QED) is 0.184. The van der Waals surface area contributed by atoms with Gasteiger partial charge in [0.2, 0.25) is 0 Å². The van der Waals surface area contributed by atoms with Gasteiger partial charge in [-0.25, -0.2) is 4.39 Å². The Labute approximate surface area is 185 Å². The number of unbranched alkanes of at least 4 members (excludes halogenated alkanes) is 4. The molecule has 0 radical (unpaired) electrons. The second kappa shape index (κ2) is 11.9. The van der Waals surface area contributed by atoms with Gasteiger partial charge < -0.3 is 0 Å². The predicted octanol–water partition coefficient (Wildman–Crippen LogP) is 7.77. The van der Waals surface area contributed by atoms with Crippen molar-refractivity contribution >= 4 is 12.4 Å². The number of nitrogens with zero attached hydrogens (tertiary/aromatic N) is 2. The van der Waals surface area contributed by atoms with Crippen LogP contribution in [0.2, 0.25) is 0 Å². The van der Waals surface area contributed by atoms with E-state index in [9.17, 15) is 4.39 Å². The third-order valence-electron chi connectivity index (χ3n) is 5.43. The van der Waals surface area contributed by atoms with Gasteiger partial charge in [0, 0.05) is 5.56 Å². The summed E-state index contributed by atoms with van der Waals surface area (Å²) in [6.45, 7) is 4.26. The minimum absolute atomic E-state index is 0.259. The Balaban J connectivity index is 1.61. The third-order valence-corrected chi connectivity index (χ3v) is 5.43. The van der Waals surface area contributed by atoms with E-state index in [0.717, 1.165) is 23.1 Å². The summed E-state index contributed by atoms with van der Waals surface area (Å²) in [6.07, 6.45) is 10.8. The summed E-state index contributed by atoms with van der Waals surface area (Å²) in [6, 6.07) is 21.3. The van der Waals surface area contributed by atoms with Gasteiger partial charge in [-0.1, -0.05) is 98.8 Å². The molecule has 0 bridgehead atoms. The van der Waals surface area contributed by atoms with Crippen LogP contribution >= 0.6 is 0 Å². The first-order valence-corrected chi connectivity index (χ1v) is 11.2. The first-order chi connectivity index (χ1) is 15.2. The van der Waals surface area contributed by atoms with Crippen molar-refractivity contribution in [2.45, 2.75) is 52.4 Å². The molecule has 0 unspecified atom stereocenters. The summed E-state index contributed by atoms with van der Waals surface area (Å²) in [5.74, 6) is -0.259. The van der Waals surface area contributed by atoms with E-state index in [1.807, 2.05) is 43.3 Å². The molecule has 0 aromatic heterocycles. The number of hydrogen-bond acceptors (Lipinski definition) is 2. The summed E-state index contributed by atoms with van der Waals surface area (Å²) in [5, 5.41) is 8.33. The van der Waals surface area contributed by atoms with Crippen LogP contribution in [0.15, 0.2) is 76.9 Å². The van der Waals surface area contributed by atoms with Gasteiger partial charge >= 0.3 is 0 Å². The van der Waals surface area contributed by atoms with Crippen molar-refractivity contribution in [3.8, 4) is 11.1 Å². The average Bonchev–Trinajstić information content (AvgIpc) is 2.78. The second-order valence-electron chi connectivity index (χ2n) is 7.96. The van der Waals surface area contributed by atoms with Crippen LogP contribution in [-0.4, -0.2) is 12.4 Å². The Morgan fingerprint density at radius 3 is 2.32 bits per heavy atom. The fourth-order valence-corrected chi connectivity index (χ4v) is 3.58. The fourth-order valence-electron chi connectivity index (χ4n) is 3.58. The molecule has 0 aliphatic carbocycles. The fraction of sp³-hybridized carbons (Fsp3) is 0.286. The van der Waals surface area contributed by atoms with Gasteiger partial charge in [-0.3, -0.25) is 0 Å². The lowest BCUT2D eigenvalue weighted by molar-refractivity contribution is 0.631. The van der Waals surface area contributed by atoms with Crippen LogP contribution < -0.4 is 0 Å². The largest absolute Gasteiger partial charge is 0.206 e. The maximum Gasteiger partial charge on any atom is 0.131 e. The highest BCUT2D eigenvalue weighted by molar-refractivity contribution is 5.84. The molecule has 2 nitrogen and oxygen atoms in total. The molecular formula is C28H31FN2. The van der Waals surface area contributed by atoms with E-state index in [4.69, 9.17) is 0 Å². The summed E-state index contributed by atoms with van der Waals surface area (Å²) in [5.41, 5.74) is 5.70. The molecule has 3 aromatic rings. The lowest BCUT2D eigenvalue weighted by Crippen LogP contribution is -1.93. The standard InChI is InChI=1S/C28H31FN2/c1-3-4-5-6-7-10-24-11-8-9-12-26(24)21-31-30-20-23-15-18-27(28(29)19-23)25-16-13-22(2)14-17-25/h8-9,11-21H,3-7,10H2,1-2H3. The molecule has 0 spiro atoms. The van der Waals surface area contributed by atoms with Crippen LogP contribution in [0.3, 0.4) is 0 Å². The predicted molar refractivity (Wildman–Crippen MR) is 131 cm³/mol. The summed E-state index contributed by atoms with van der Waals surface area (Å²) in [7, 11) is 0. The van der Waals surface area contributed by atoms with Crippen LogP contribution in [0.4, 0.5) is 4.39 Å². The van der Waals surface area contributed by atoms with Crippen LogP contribution in [0, 0.1) is 12.7 Å². The Hall–Kier alpha value is -3.07. The van der Waals surface area contributed by atoms with E-state index in [1.165, 1.54) is 43.7 Å². The van der Waals surface area contributed by atoms with Crippen molar-refractivity contribution in [2.24, 2.45) is 10.2 Å². The molecule has 0 N–H and O–H groups in total. The van der Waals surface area contributed by atoms with Crippen LogP contribution in [-0.2, 0) is 6.42 Å². The molecule has 3 aromatic carbocycles.